The Labute approximate surface area is 336 Å². The van der Waals surface area contributed by atoms with E-state index in [0.717, 1.165) is 11.1 Å². The summed E-state index contributed by atoms with van der Waals surface area (Å²) < 4.78 is 27.2. The minimum Gasteiger partial charge on any atom is -0.481 e. The number of carboxylic acid groups (broad SMARTS) is 3. The van der Waals surface area contributed by atoms with E-state index in [1.165, 1.54) is 16.4 Å². The summed E-state index contributed by atoms with van der Waals surface area (Å²) in [6.07, 6.45) is 1.37. The number of halogens is 2. The number of aryl methyl sites for hydroxylation is 1. The molecule has 0 radical (unpaired) electrons. The summed E-state index contributed by atoms with van der Waals surface area (Å²) in [5.41, 5.74) is 0.858. The number of carbonyl (C=O) groups is 3. The first-order valence-corrected chi connectivity index (χ1v) is 18.5. The second-order valence-corrected chi connectivity index (χ2v) is 14.5. The summed E-state index contributed by atoms with van der Waals surface area (Å²) in [5.74, 6) is -3.58. The Morgan fingerprint density at radius 1 is 0.772 bits per heavy atom. The van der Waals surface area contributed by atoms with E-state index in [-0.39, 0.29) is 16.9 Å². The maximum atomic E-state index is 13.0. The van der Waals surface area contributed by atoms with E-state index in [0.29, 0.717) is 28.4 Å². The molecule has 296 valence electrons. The third kappa shape index (κ3) is 12.7. The molecular weight excluding hydrogens is 805 g/mol. The van der Waals surface area contributed by atoms with Crippen molar-refractivity contribution in [3.05, 3.63) is 174 Å². The molecule has 5 rings (SSSR count). The van der Waals surface area contributed by atoms with Gasteiger partial charge in [-0.2, -0.15) is 0 Å². The lowest BCUT2D eigenvalue weighted by atomic mass is 10.0. The number of nitro groups is 2. The summed E-state index contributed by atoms with van der Waals surface area (Å²) >= 11 is 11.2. The SMILES string of the molecule is Cc1ccc(S(=O)(=O)N(c2ccccc2)C(C)CC(=O)O)cc1.O=C(O)C(=Cc1ccccc1)c1ccc(Cl)cc1.O=C(O)c1cc(Cl)c([N+](=O)[O-])cc1[N+](=O)[O-]. The van der Waals surface area contributed by atoms with Crippen molar-refractivity contribution in [3.63, 3.8) is 0 Å². The predicted molar refractivity (Wildman–Crippen MR) is 214 cm³/mol. The first-order chi connectivity index (χ1) is 26.8. The number of carboxylic acids is 3. The molecule has 0 aliphatic heterocycles. The number of hydrogen-bond donors (Lipinski definition) is 3. The van der Waals surface area contributed by atoms with Crippen LogP contribution in [-0.2, 0) is 19.6 Å². The van der Waals surface area contributed by atoms with Gasteiger partial charge in [0.05, 0.1) is 44.5 Å². The van der Waals surface area contributed by atoms with Crippen molar-refractivity contribution in [3.8, 4) is 0 Å². The van der Waals surface area contributed by atoms with Crippen molar-refractivity contribution < 1.29 is 48.0 Å². The fourth-order valence-electron chi connectivity index (χ4n) is 4.99. The van der Waals surface area contributed by atoms with Crippen LogP contribution in [0.5, 0.6) is 0 Å². The van der Waals surface area contributed by atoms with Crippen LogP contribution in [0.3, 0.4) is 0 Å². The highest BCUT2D eigenvalue weighted by atomic mass is 35.5. The molecule has 0 aromatic heterocycles. The van der Waals surface area contributed by atoms with Gasteiger partial charge in [0.2, 0.25) is 0 Å². The van der Waals surface area contributed by atoms with Crippen molar-refractivity contribution in [2.75, 3.05) is 4.31 Å². The molecule has 1 unspecified atom stereocenters. The van der Waals surface area contributed by atoms with E-state index >= 15 is 0 Å². The smallest absolute Gasteiger partial charge is 0.342 e. The van der Waals surface area contributed by atoms with Gasteiger partial charge >= 0.3 is 17.9 Å². The lowest BCUT2D eigenvalue weighted by Gasteiger charge is -2.29. The van der Waals surface area contributed by atoms with Crippen LogP contribution in [-0.4, -0.2) is 57.5 Å². The third-order valence-corrected chi connectivity index (χ3v) is 10.2. The van der Waals surface area contributed by atoms with Gasteiger partial charge in [0, 0.05) is 5.02 Å². The average Bonchev–Trinajstić information content (AvgIpc) is 3.15. The molecule has 5 aromatic rings. The first-order valence-electron chi connectivity index (χ1n) is 16.3. The number of nitrogens with zero attached hydrogens (tertiary/aromatic N) is 3. The molecule has 0 fully saturated rings. The quantitative estimate of drug-likeness (QED) is 0.0462. The molecule has 0 aliphatic rings. The van der Waals surface area contributed by atoms with Crippen LogP contribution >= 0.6 is 23.2 Å². The molecule has 1 atom stereocenters. The maximum absolute atomic E-state index is 13.0. The number of anilines is 1. The van der Waals surface area contributed by atoms with Crippen molar-refractivity contribution >= 4 is 79.8 Å². The minimum atomic E-state index is -3.85. The maximum Gasteiger partial charge on any atom is 0.342 e. The fourth-order valence-corrected chi connectivity index (χ4v) is 7.00. The first kappa shape index (κ1) is 44.8. The normalized spacial score (nSPS) is 11.4. The van der Waals surface area contributed by atoms with Crippen LogP contribution < -0.4 is 4.31 Å². The third-order valence-electron chi connectivity index (χ3n) is 7.64. The summed E-state index contributed by atoms with van der Waals surface area (Å²) in [4.78, 5) is 52.1. The van der Waals surface area contributed by atoms with Crippen LogP contribution in [0.4, 0.5) is 17.1 Å². The monoisotopic (exact) mass is 837 g/mol. The van der Waals surface area contributed by atoms with Gasteiger partial charge in [0.25, 0.3) is 21.4 Å². The number of sulfonamides is 1. The van der Waals surface area contributed by atoms with E-state index in [2.05, 4.69) is 0 Å². The van der Waals surface area contributed by atoms with Crippen LogP contribution in [0.25, 0.3) is 11.6 Å². The van der Waals surface area contributed by atoms with E-state index in [1.807, 2.05) is 37.3 Å². The summed E-state index contributed by atoms with van der Waals surface area (Å²) in [5, 5.41) is 48.0. The van der Waals surface area contributed by atoms with E-state index in [1.54, 1.807) is 79.7 Å². The van der Waals surface area contributed by atoms with Crippen molar-refractivity contribution in [1.29, 1.82) is 0 Å². The summed E-state index contributed by atoms with van der Waals surface area (Å²) in [6, 6.07) is 31.6. The zero-order chi connectivity index (χ0) is 42.4. The van der Waals surface area contributed by atoms with E-state index in [4.69, 9.17) is 33.4 Å². The Hall–Kier alpha value is -6.62. The molecule has 5 aromatic carbocycles. The van der Waals surface area contributed by atoms with Gasteiger partial charge in [-0.25, -0.2) is 18.0 Å². The molecule has 0 saturated heterocycles. The molecule has 0 spiro atoms. The largest absolute Gasteiger partial charge is 0.481 e. The van der Waals surface area contributed by atoms with Gasteiger partial charge < -0.3 is 15.3 Å². The summed E-state index contributed by atoms with van der Waals surface area (Å²) in [7, 11) is -3.85. The molecule has 0 aliphatic carbocycles. The van der Waals surface area contributed by atoms with Crippen LogP contribution in [0.15, 0.2) is 126 Å². The topological polar surface area (TPSA) is 236 Å². The molecule has 0 amide bonds. The Bertz CT molecular complexity index is 2380. The highest BCUT2D eigenvalue weighted by Gasteiger charge is 2.31. The van der Waals surface area contributed by atoms with Crippen LogP contribution in [0, 0.1) is 27.2 Å². The van der Waals surface area contributed by atoms with Gasteiger partial charge in [0.1, 0.15) is 10.6 Å². The molecule has 0 saturated carbocycles. The average molecular weight is 839 g/mol. The highest BCUT2D eigenvalue weighted by molar-refractivity contribution is 7.92. The van der Waals surface area contributed by atoms with E-state index < -0.39 is 65.8 Å². The molecular formula is C39H33Cl2N3O12S. The van der Waals surface area contributed by atoms with Crippen LogP contribution in [0.1, 0.15) is 40.4 Å². The van der Waals surface area contributed by atoms with Crippen LogP contribution in [0.2, 0.25) is 10.0 Å². The number of benzene rings is 5. The van der Waals surface area contributed by atoms with Gasteiger partial charge in [-0.3, -0.25) is 29.3 Å². The molecule has 57 heavy (non-hydrogen) atoms. The number of para-hydroxylation sites is 1. The second-order valence-electron chi connectivity index (χ2n) is 11.8. The Morgan fingerprint density at radius 3 is 1.77 bits per heavy atom. The van der Waals surface area contributed by atoms with Crippen molar-refractivity contribution in [2.45, 2.75) is 31.2 Å². The zero-order valence-electron chi connectivity index (χ0n) is 29.9. The molecule has 0 heterocycles. The fraction of sp³-hybridized carbons (Fsp3) is 0.103. The lowest BCUT2D eigenvalue weighted by molar-refractivity contribution is -0.394. The number of nitro benzene ring substituents is 2. The molecule has 0 bridgehead atoms. The number of aromatic carboxylic acids is 1. The van der Waals surface area contributed by atoms with Crippen molar-refractivity contribution in [2.24, 2.45) is 0 Å². The van der Waals surface area contributed by atoms with Gasteiger partial charge in [-0.15, -0.1) is 0 Å². The lowest BCUT2D eigenvalue weighted by Crippen LogP contribution is -2.40. The van der Waals surface area contributed by atoms with Gasteiger partial charge in [-0.1, -0.05) is 102 Å². The highest BCUT2D eigenvalue weighted by Crippen LogP contribution is 2.32. The Balaban J connectivity index is 0.000000234. The number of hydrogen-bond acceptors (Lipinski definition) is 9. The molecule has 3 N–H and O–H groups in total. The zero-order valence-corrected chi connectivity index (χ0v) is 32.3. The van der Waals surface area contributed by atoms with E-state index in [9.17, 15) is 48.1 Å². The predicted octanol–water partition coefficient (Wildman–Crippen LogP) is 8.87. The standard InChI is InChI=1S/C17H19NO4S.C15H11ClO2.C7H3ClN2O6/c1-13-8-10-16(11-9-13)23(21,22)18(14(2)12-17(19)20)15-6-4-3-5-7-15;16-13-8-6-12(7-9-13)14(15(17)18)10-11-4-2-1-3-5-11;8-4-1-3(7(11)12)5(9(13)14)2-6(4)10(15)16/h3-11,14H,12H2,1-2H3,(H,19,20);1-10H,(H,17,18);1-2H,(H,11,12). The van der Waals surface area contributed by atoms with Crippen molar-refractivity contribution in [1.82, 2.24) is 0 Å². The Kier molecular flexibility index (Phi) is 16.0. The van der Waals surface area contributed by atoms with Gasteiger partial charge in [0.15, 0.2) is 0 Å². The summed E-state index contributed by atoms with van der Waals surface area (Å²) in [6.45, 7) is 3.46. The second kappa shape index (κ2) is 20.3. The Morgan fingerprint density at radius 2 is 1.30 bits per heavy atom. The molecule has 18 heteroatoms. The van der Waals surface area contributed by atoms with Gasteiger partial charge in [-0.05, 0) is 73.5 Å². The minimum absolute atomic E-state index is 0.143. The number of rotatable bonds is 12. The number of aliphatic carboxylic acids is 2. The molecule has 15 nitrogen and oxygen atoms in total.